The van der Waals surface area contributed by atoms with Crippen molar-refractivity contribution >= 4 is 12.0 Å². The van der Waals surface area contributed by atoms with Crippen LogP contribution in [-0.4, -0.2) is 47.2 Å². The van der Waals surface area contributed by atoms with Crippen LogP contribution >= 0.6 is 0 Å². The molecule has 3 aromatic rings. The largest absolute Gasteiger partial charge is 0.445 e. The highest BCUT2D eigenvalue weighted by atomic mass is 19.1. The maximum absolute atomic E-state index is 13.1. The van der Waals surface area contributed by atoms with Crippen LogP contribution in [-0.2, 0) is 22.6 Å². The van der Waals surface area contributed by atoms with Crippen molar-refractivity contribution in [3.05, 3.63) is 77.7 Å². The van der Waals surface area contributed by atoms with E-state index in [0.717, 1.165) is 35.4 Å². The van der Waals surface area contributed by atoms with Gasteiger partial charge in [-0.1, -0.05) is 30.3 Å². The number of hydrogen-bond donors (Lipinski definition) is 2. The van der Waals surface area contributed by atoms with Gasteiger partial charge in [0, 0.05) is 37.8 Å². The number of nitrogens with zero attached hydrogens (tertiary/aromatic N) is 2. The van der Waals surface area contributed by atoms with Gasteiger partial charge in [0.05, 0.1) is 5.69 Å². The number of aryl methyl sites for hydroxylation is 1. The molecule has 0 saturated heterocycles. The smallest absolute Gasteiger partial charge is 0.407 e. The Balaban J connectivity index is 1.27. The Bertz CT molecular complexity index is 1020. The normalized spacial score (nSPS) is 10.6. The second-order valence-corrected chi connectivity index (χ2v) is 7.80. The lowest BCUT2D eigenvalue weighted by molar-refractivity contribution is -0.130. The van der Waals surface area contributed by atoms with Gasteiger partial charge in [-0.2, -0.15) is 5.10 Å². The van der Waals surface area contributed by atoms with Crippen molar-refractivity contribution in [2.45, 2.75) is 32.3 Å². The maximum atomic E-state index is 13.1. The summed E-state index contributed by atoms with van der Waals surface area (Å²) in [6, 6.07) is 17.6. The highest BCUT2D eigenvalue weighted by Gasteiger charge is 2.10. The molecule has 1 aromatic heterocycles. The van der Waals surface area contributed by atoms with Gasteiger partial charge in [0.25, 0.3) is 0 Å². The van der Waals surface area contributed by atoms with E-state index >= 15 is 0 Å². The van der Waals surface area contributed by atoms with Gasteiger partial charge in [-0.25, -0.2) is 9.18 Å². The first-order valence-corrected chi connectivity index (χ1v) is 11.0. The fourth-order valence-corrected chi connectivity index (χ4v) is 3.28. The number of nitrogens with one attached hydrogen (secondary N) is 2. The van der Waals surface area contributed by atoms with E-state index in [1.54, 1.807) is 24.1 Å². The topological polar surface area (TPSA) is 87.3 Å². The molecular formula is C25H29FN4O3. The number of alkyl carbamates (subject to hydrolysis) is 1. The summed E-state index contributed by atoms with van der Waals surface area (Å²) < 4.78 is 18.2. The third-order valence-corrected chi connectivity index (χ3v) is 5.19. The molecule has 2 amide bonds. The molecule has 0 unspecified atom stereocenters. The third kappa shape index (κ3) is 8.07. The minimum absolute atomic E-state index is 0.0334. The van der Waals surface area contributed by atoms with Gasteiger partial charge in [0.15, 0.2) is 0 Å². The molecule has 2 N–H and O–H groups in total. The molecule has 0 aliphatic heterocycles. The Kier molecular flexibility index (Phi) is 8.99. The van der Waals surface area contributed by atoms with Gasteiger partial charge in [-0.3, -0.25) is 9.89 Å². The Labute approximate surface area is 193 Å². The summed E-state index contributed by atoms with van der Waals surface area (Å²) in [6.45, 7) is 1.22. The highest BCUT2D eigenvalue weighted by molar-refractivity contribution is 5.76. The average Bonchev–Trinajstić information content (AvgIpc) is 3.30. The van der Waals surface area contributed by atoms with Crippen LogP contribution in [0, 0.1) is 5.82 Å². The van der Waals surface area contributed by atoms with Crippen molar-refractivity contribution in [2.24, 2.45) is 0 Å². The molecule has 0 aliphatic carbocycles. The number of aromatic amines is 1. The zero-order chi connectivity index (χ0) is 23.5. The number of hydrogen-bond acceptors (Lipinski definition) is 4. The first kappa shape index (κ1) is 24.0. The molecule has 3 rings (SSSR count). The zero-order valence-corrected chi connectivity index (χ0v) is 18.7. The lowest BCUT2D eigenvalue weighted by Gasteiger charge is -2.17. The van der Waals surface area contributed by atoms with E-state index < -0.39 is 6.09 Å². The zero-order valence-electron chi connectivity index (χ0n) is 18.7. The number of amides is 2. The maximum Gasteiger partial charge on any atom is 0.407 e. The quantitative estimate of drug-likeness (QED) is 0.425. The minimum atomic E-state index is -0.487. The van der Waals surface area contributed by atoms with Crippen molar-refractivity contribution < 1.29 is 18.7 Å². The SMILES string of the molecule is CN(CCCc1cc(-c2ccc(F)cc2)n[nH]1)C(=O)CCCNC(=O)OCc1ccccc1. The second-order valence-electron chi connectivity index (χ2n) is 7.80. The van der Waals surface area contributed by atoms with Gasteiger partial charge in [0.2, 0.25) is 5.91 Å². The lowest BCUT2D eigenvalue weighted by atomic mass is 10.1. The van der Waals surface area contributed by atoms with E-state index in [2.05, 4.69) is 15.5 Å². The molecule has 33 heavy (non-hydrogen) atoms. The van der Waals surface area contributed by atoms with Crippen LogP contribution in [0.5, 0.6) is 0 Å². The fraction of sp³-hybridized carbons (Fsp3) is 0.320. The summed E-state index contributed by atoms with van der Waals surface area (Å²) in [5.41, 5.74) is 3.51. The summed E-state index contributed by atoms with van der Waals surface area (Å²) in [5, 5.41) is 9.93. The predicted octanol–water partition coefficient (Wildman–Crippen LogP) is 4.31. The number of ether oxygens (including phenoxy) is 1. The van der Waals surface area contributed by atoms with Crippen LogP contribution < -0.4 is 5.32 Å². The number of rotatable bonds is 11. The number of H-pyrrole nitrogens is 1. The van der Waals surface area contributed by atoms with E-state index in [4.69, 9.17) is 4.74 Å². The molecular weight excluding hydrogens is 423 g/mol. The van der Waals surface area contributed by atoms with Gasteiger partial charge in [0.1, 0.15) is 12.4 Å². The first-order valence-electron chi connectivity index (χ1n) is 11.0. The first-order chi connectivity index (χ1) is 16.0. The Hall–Kier alpha value is -3.68. The van der Waals surface area contributed by atoms with E-state index in [1.807, 2.05) is 36.4 Å². The molecule has 0 spiro atoms. The Morgan fingerprint density at radius 3 is 2.61 bits per heavy atom. The summed E-state index contributed by atoms with van der Waals surface area (Å²) in [4.78, 5) is 25.7. The van der Waals surface area contributed by atoms with E-state index in [0.29, 0.717) is 25.9 Å². The predicted molar refractivity (Wildman–Crippen MR) is 124 cm³/mol. The molecule has 0 bridgehead atoms. The van der Waals surface area contributed by atoms with Gasteiger partial charge < -0.3 is 15.0 Å². The van der Waals surface area contributed by atoms with Crippen molar-refractivity contribution in [3.63, 3.8) is 0 Å². The highest BCUT2D eigenvalue weighted by Crippen LogP contribution is 2.18. The standard InChI is InChI=1S/C25H29FN4O3/c1-30(16-6-9-22-17-23(29-28-22)20-11-13-21(26)14-12-20)24(31)10-5-15-27-25(32)33-18-19-7-3-2-4-8-19/h2-4,7-8,11-14,17H,5-6,9-10,15-16,18H2,1H3,(H,27,32)(H,28,29). The third-order valence-electron chi connectivity index (χ3n) is 5.19. The van der Waals surface area contributed by atoms with Crippen molar-refractivity contribution in [1.82, 2.24) is 20.4 Å². The van der Waals surface area contributed by atoms with Crippen LogP contribution in [0.1, 0.15) is 30.5 Å². The van der Waals surface area contributed by atoms with Crippen LogP contribution in [0.4, 0.5) is 9.18 Å². The summed E-state index contributed by atoms with van der Waals surface area (Å²) >= 11 is 0. The van der Waals surface area contributed by atoms with Crippen molar-refractivity contribution in [3.8, 4) is 11.3 Å². The molecule has 0 fully saturated rings. The van der Waals surface area contributed by atoms with Gasteiger partial charge in [-0.15, -0.1) is 0 Å². The lowest BCUT2D eigenvalue weighted by Crippen LogP contribution is -2.30. The Morgan fingerprint density at radius 1 is 1.09 bits per heavy atom. The fourth-order valence-electron chi connectivity index (χ4n) is 3.28. The number of carbonyl (C=O) groups excluding carboxylic acids is 2. The van der Waals surface area contributed by atoms with Crippen LogP contribution in [0.2, 0.25) is 0 Å². The monoisotopic (exact) mass is 452 g/mol. The molecule has 7 nitrogen and oxygen atoms in total. The van der Waals surface area contributed by atoms with Gasteiger partial charge >= 0.3 is 6.09 Å². The Morgan fingerprint density at radius 2 is 1.85 bits per heavy atom. The molecule has 0 aliphatic rings. The number of benzene rings is 2. The van der Waals surface area contributed by atoms with E-state index in [1.165, 1.54) is 12.1 Å². The van der Waals surface area contributed by atoms with E-state index in [9.17, 15) is 14.0 Å². The van der Waals surface area contributed by atoms with Crippen molar-refractivity contribution in [2.75, 3.05) is 20.1 Å². The molecule has 174 valence electrons. The number of aromatic nitrogens is 2. The van der Waals surface area contributed by atoms with Gasteiger partial charge in [-0.05, 0) is 55.2 Å². The molecule has 8 heteroatoms. The van der Waals surface area contributed by atoms with E-state index in [-0.39, 0.29) is 18.3 Å². The molecule has 0 atom stereocenters. The van der Waals surface area contributed by atoms with Crippen molar-refractivity contribution in [1.29, 1.82) is 0 Å². The summed E-state index contributed by atoms with van der Waals surface area (Å²) in [7, 11) is 1.78. The van der Waals surface area contributed by atoms with Crippen LogP contribution in [0.15, 0.2) is 60.7 Å². The summed E-state index contributed by atoms with van der Waals surface area (Å²) in [6.07, 6.45) is 1.96. The number of carbonyl (C=O) groups is 2. The molecule has 0 saturated carbocycles. The molecule has 2 aromatic carbocycles. The molecule has 0 radical (unpaired) electrons. The molecule has 1 heterocycles. The van der Waals surface area contributed by atoms with Crippen LogP contribution in [0.25, 0.3) is 11.3 Å². The second kappa shape index (κ2) is 12.4. The minimum Gasteiger partial charge on any atom is -0.445 e. The summed E-state index contributed by atoms with van der Waals surface area (Å²) in [5.74, 6) is -0.243. The average molecular weight is 453 g/mol. The van der Waals surface area contributed by atoms with Crippen LogP contribution in [0.3, 0.4) is 0 Å². The number of halogens is 1.